The van der Waals surface area contributed by atoms with Gasteiger partial charge in [-0.15, -0.1) is 0 Å². The first kappa shape index (κ1) is 16.9. The molecule has 6 nitrogen and oxygen atoms in total. The quantitative estimate of drug-likeness (QED) is 0.844. The zero-order valence-corrected chi connectivity index (χ0v) is 15.2. The van der Waals surface area contributed by atoms with Gasteiger partial charge in [-0.2, -0.15) is 0 Å². The van der Waals surface area contributed by atoms with Crippen LogP contribution in [0.1, 0.15) is 39.4 Å². The SMILES string of the molecule is Cc1nccn1-c1cncc(N(C)CC2CC(OC(C)(C)C)C2)n1. The summed E-state index contributed by atoms with van der Waals surface area (Å²) in [4.78, 5) is 15.5. The molecular formula is C18H27N5O. The van der Waals surface area contributed by atoms with Gasteiger partial charge < -0.3 is 9.64 Å². The summed E-state index contributed by atoms with van der Waals surface area (Å²) < 4.78 is 7.96. The summed E-state index contributed by atoms with van der Waals surface area (Å²) >= 11 is 0. The minimum Gasteiger partial charge on any atom is -0.373 e. The Hall–Kier alpha value is -1.95. The molecule has 130 valence electrons. The van der Waals surface area contributed by atoms with E-state index in [1.165, 1.54) is 0 Å². The predicted octanol–water partition coefficient (Wildman–Crippen LogP) is 3.00. The molecule has 0 spiro atoms. The first-order valence-electron chi connectivity index (χ1n) is 8.53. The highest BCUT2D eigenvalue weighted by atomic mass is 16.5. The van der Waals surface area contributed by atoms with Gasteiger partial charge in [-0.3, -0.25) is 9.55 Å². The number of nitrogens with zero attached hydrogens (tertiary/aromatic N) is 5. The second-order valence-corrected chi connectivity index (χ2v) is 7.65. The van der Waals surface area contributed by atoms with Crippen molar-refractivity contribution < 1.29 is 4.74 Å². The Labute approximate surface area is 143 Å². The molecule has 0 aromatic carbocycles. The first-order valence-corrected chi connectivity index (χ1v) is 8.53. The lowest BCUT2D eigenvalue weighted by atomic mass is 9.81. The van der Waals surface area contributed by atoms with Crippen molar-refractivity contribution in [2.45, 2.75) is 52.2 Å². The summed E-state index contributed by atoms with van der Waals surface area (Å²) in [5, 5.41) is 0. The van der Waals surface area contributed by atoms with Crippen LogP contribution in [0.5, 0.6) is 0 Å². The molecule has 0 atom stereocenters. The fraction of sp³-hybridized carbons (Fsp3) is 0.611. The minimum absolute atomic E-state index is 0.0516. The summed E-state index contributed by atoms with van der Waals surface area (Å²) in [6, 6.07) is 0. The fourth-order valence-corrected chi connectivity index (χ4v) is 3.17. The molecule has 6 heteroatoms. The topological polar surface area (TPSA) is 56.1 Å². The lowest BCUT2D eigenvalue weighted by Crippen LogP contribution is -2.42. The highest BCUT2D eigenvalue weighted by Crippen LogP contribution is 2.33. The van der Waals surface area contributed by atoms with Crippen molar-refractivity contribution in [3.05, 3.63) is 30.6 Å². The zero-order chi connectivity index (χ0) is 17.3. The minimum atomic E-state index is -0.0516. The van der Waals surface area contributed by atoms with Crippen molar-refractivity contribution >= 4 is 5.82 Å². The van der Waals surface area contributed by atoms with Crippen LogP contribution in [0.4, 0.5) is 5.82 Å². The largest absolute Gasteiger partial charge is 0.373 e. The Bertz CT molecular complexity index is 685. The number of hydrogen-bond acceptors (Lipinski definition) is 5. The number of aryl methyl sites for hydroxylation is 1. The molecule has 24 heavy (non-hydrogen) atoms. The van der Waals surface area contributed by atoms with E-state index in [-0.39, 0.29) is 5.60 Å². The summed E-state index contributed by atoms with van der Waals surface area (Å²) in [5.41, 5.74) is -0.0516. The summed E-state index contributed by atoms with van der Waals surface area (Å²) in [6.45, 7) is 9.29. The molecular weight excluding hydrogens is 302 g/mol. The van der Waals surface area contributed by atoms with Gasteiger partial charge >= 0.3 is 0 Å². The number of hydrogen-bond donors (Lipinski definition) is 0. The smallest absolute Gasteiger partial charge is 0.159 e. The Kier molecular flexibility index (Phi) is 4.58. The monoisotopic (exact) mass is 329 g/mol. The van der Waals surface area contributed by atoms with Gasteiger partial charge in [0.2, 0.25) is 0 Å². The van der Waals surface area contributed by atoms with Gasteiger partial charge in [0.25, 0.3) is 0 Å². The number of aromatic nitrogens is 4. The van der Waals surface area contributed by atoms with Crippen LogP contribution in [-0.4, -0.2) is 44.8 Å². The second-order valence-electron chi connectivity index (χ2n) is 7.65. The van der Waals surface area contributed by atoms with E-state index in [0.717, 1.165) is 36.8 Å². The van der Waals surface area contributed by atoms with Crippen molar-refractivity contribution in [1.82, 2.24) is 19.5 Å². The van der Waals surface area contributed by atoms with Crippen LogP contribution in [0.2, 0.25) is 0 Å². The molecule has 0 unspecified atom stereocenters. The van der Waals surface area contributed by atoms with Gasteiger partial charge in [-0.25, -0.2) is 9.97 Å². The lowest BCUT2D eigenvalue weighted by molar-refractivity contribution is -0.110. The van der Waals surface area contributed by atoms with E-state index >= 15 is 0 Å². The lowest BCUT2D eigenvalue weighted by Gasteiger charge is -2.40. The molecule has 0 bridgehead atoms. The molecule has 0 amide bonds. The van der Waals surface area contributed by atoms with Gasteiger partial charge in [0.15, 0.2) is 5.82 Å². The van der Waals surface area contributed by atoms with Crippen molar-refractivity contribution in [3.63, 3.8) is 0 Å². The molecule has 2 aromatic rings. The van der Waals surface area contributed by atoms with Crippen molar-refractivity contribution in [2.24, 2.45) is 5.92 Å². The maximum Gasteiger partial charge on any atom is 0.159 e. The zero-order valence-electron chi connectivity index (χ0n) is 15.2. The normalized spacial score (nSPS) is 20.7. The van der Waals surface area contributed by atoms with Crippen molar-refractivity contribution in [1.29, 1.82) is 0 Å². The highest BCUT2D eigenvalue weighted by Gasteiger charge is 2.33. The maximum atomic E-state index is 6.02. The highest BCUT2D eigenvalue weighted by molar-refractivity contribution is 5.39. The molecule has 0 N–H and O–H groups in total. The van der Waals surface area contributed by atoms with E-state index in [2.05, 4.69) is 42.7 Å². The molecule has 1 fully saturated rings. The Morgan fingerprint density at radius 2 is 2.04 bits per heavy atom. The third kappa shape index (κ3) is 3.93. The van der Waals surface area contributed by atoms with Gasteiger partial charge in [0.1, 0.15) is 11.6 Å². The molecule has 0 aliphatic heterocycles. The molecule has 3 rings (SSSR count). The Balaban J connectivity index is 1.59. The summed E-state index contributed by atoms with van der Waals surface area (Å²) in [6.07, 6.45) is 9.90. The van der Waals surface area contributed by atoms with Crippen LogP contribution >= 0.6 is 0 Å². The fourth-order valence-electron chi connectivity index (χ4n) is 3.17. The van der Waals surface area contributed by atoms with Gasteiger partial charge in [-0.1, -0.05) is 0 Å². The van der Waals surface area contributed by atoms with Crippen LogP contribution in [0, 0.1) is 12.8 Å². The number of anilines is 1. The third-order valence-corrected chi connectivity index (χ3v) is 4.32. The van der Waals surface area contributed by atoms with E-state index < -0.39 is 0 Å². The average Bonchev–Trinajstić information content (AvgIpc) is 2.90. The van der Waals surface area contributed by atoms with E-state index in [0.29, 0.717) is 12.0 Å². The van der Waals surface area contributed by atoms with Gasteiger partial charge in [0.05, 0.1) is 24.1 Å². The Morgan fingerprint density at radius 3 is 2.67 bits per heavy atom. The van der Waals surface area contributed by atoms with Crippen molar-refractivity contribution in [2.75, 3.05) is 18.5 Å². The predicted molar refractivity (Wildman–Crippen MR) is 94.5 cm³/mol. The average molecular weight is 329 g/mol. The Morgan fingerprint density at radius 1 is 1.29 bits per heavy atom. The van der Waals surface area contributed by atoms with Crippen molar-refractivity contribution in [3.8, 4) is 5.82 Å². The third-order valence-electron chi connectivity index (χ3n) is 4.32. The molecule has 1 saturated carbocycles. The van der Waals surface area contributed by atoms with Gasteiger partial charge in [0, 0.05) is 26.0 Å². The maximum absolute atomic E-state index is 6.02. The summed E-state index contributed by atoms with van der Waals surface area (Å²) in [7, 11) is 2.08. The van der Waals surface area contributed by atoms with E-state index in [4.69, 9.17) is 9.72 Å². The second kappa shape index (κ2) is 6.51. The molecule has 1 aliphatic carbocycles. The van der Waals surface area contributed by atoms with E-state index in [1.807, 2.05) is 23.9 Å². The summed E-state index contributed by atoms with van der Waals surface area (Å²) in [5.74, 6) is 3.26. The molecule has 0 radical (unpaired) electrons. The van der Waals surface area contributed by atoms with Crippen LogP contribution in [0.25, 0.3) is 5.82 Å². The number of ether oxygens (including phenoxy) is 1. The van der Waals surface area contributed by atoms with E-state index in [9.17, 15) is 0 Å². The molecule has 0 saturated heterocycles. The van der Waals surface area contributed by atoms with Crippen LogP contribution in [0.3, 0.4) is 0 Å². The molecule has 1 aliphatic rings. The number of rotatable bonds is 5. The molecule has 2 aromatic heterocycles. The van der Waals surface area contributed by atoms with Crippen LogP contribution < -0.4 is 4.90 Å². The molecule has 2 heterocycles. The van der Waals surface area contributed by atoms with E-state index in [1.54, 1.807) is 12.4 Å². The van der Waals surface area contributed by atoms with Crippen LogP contribution in [-0.2, 0) is 4.74 Å². The first-order chi connectivity index (χ1) is 11.3. The number of imidazole rings is 1. The standard InChI is InChI=1S/C18H27N5O/c1-13-20-6-7-23(13)17-11-19-10-16(21-17)22(5)12-14-8-15(9-14)24-18(2,3)4/h6-7,10-11,14-15H,8-9,12H2,1-5H3. The van der Waals surface area contributed by atoms with Crippen LogP contribution in [0.15, 0.2) is 24.8 Å². The van der Waals surface area contributed by atoms with Gasteiger partial charge in [-0.05, 0) is 46.5 Å².